The summed E-state index contributed by atoms with van der Waals surface area (Å²) in [4.78, 5) is 16.9. The summed E-state index contributed by atoms with van der Waals surface area (Å²) in [5, 5.41) is 0.646. The predicted octanol–water partition coefficient (Wildman–Crippen LogP) is 5.33. The maximum absolute atomic E-state index is 12.5. The Morgan fingerprint density at radius 2 is 1.80 bits per heavy atom. The summed E-state index contributed by atoms with van der Waals surface area (Å²) in [5.74, 6) is 0.167. The van der Waals surface area contributed by atoms with Gasteiger partial charge in [0.15, 0.2) is 10.8 Å². The number of aromatic nitrogens is 1. The zero-order valence-corrected chi connectivity index (χ0v) is 13.8. The zero-order chi connectivity index (χ0) is 15.0. The molecule has 2 aromatic rings. The Bertz CT molecular complexity index is 586. The fourth-order valence-corrected chi connectivity index (χ4v) is 3.90. The number of hydrogen-bond donors (Lipinski definition) is 0. The van der Waals surface area contributed by atoms with Gasteiger partial charge in [-0.1, -0.05) is 46.8 Å². The van der Waals surface area contributed by atoms with Crippen LogP contribution in [0.2, 0.25) is 0 Å². The standard InChI is InChI=1S/C17H23NOS/c1-16(2,3)11-17(4,5)10-13(19)15-18-12-8-6-7-9-14(12)20-15/h6-9H,10-11H2,1-5H3. The van der Waals surface area contributed by atoms with Gasteiger partial charge in [0.2, 0.25) is 0 Å². The van der Waals surface area contributed by atoms with Crippen LogP contribution >= 0.6 is 11.3 Å². The molecule has 0 radical (unpaired) electrons. The lowest BCUT2D eigenvalue weighted by atomic mass is 9.74. The Labute approximate surface area is 125 Å². The average molecular weight is 289 g/mol. The molecule has 0 unspecified atom stereocenters. The second-order valence-corrected chi connectivity index (χ2v) is 8.52. The van der Waals surface area contributed by atoms with Gasteiger partial charge < -0.3 is 0 Å². The Balaban J connectivity index is 2.15. The molecule has 2 rings (SSSR count). The molecule has 0 saturated heterocycles. The van der Waals surface area contributed by atoms with Gasteiger partial charge in [-0.2, -0.15) is 0 Å². The van der Waals surface area contributed by atoms with E-state index in [0.717, 1.165) is 16.6 Å². The SMILES string of the molecule is CC(C)(C)CC(C)(C)CC(=O)c1nc2ccccc2s1. The Kier molecular flexibility index (Phi) is 4.01. The van der Waals surface area contributed by atoms with Gasteiger partial charge >= 0.3 is 0 Å². The molecule has 3 heteroatoms. The first kappa shape index (κ1) is 15.2. The monoisotopic (exact) mass is 289 g/mol. The van der Waals surface area contributed by atoms with Crippen molar-refractivity contribution in [1.82, 2.24) is 4.98 Å². The molecule has 1 aromatic heterocycles. The number of rotatable bonds is 4. The first-order chi connectivity index (χ1) is 9.16. The van der Waals surface area contributed by atoms with Crippen LogP contribution in [0.5, 0.6) is 0 Å². The van der Waals surface area contributed by atoms with Crippen LogP contribution in [-0.2, 0) is 0 Å². The maximum Gasteiger partial charge on any atom is 0.191 e. The number of ketones is 1. The van der Waals surface area contributed by atoms with E-state index in [1.165, 1.54) is 11.3 Å². The van der Waals surface area contributed by atoms with E-state index in [9.17, 15) is 4.79 Å². The largest absolute Gasteiger partial charge is 0.291 e. The van der Waals surface area contributed by atoms with Crippen molar-refractivity contribution in [1.29, 1.82) is 0 Å². The number of fused-ring (bicyclic) bond motifs is 1. The lowest BCUT2D eigenvalue weighted by Gasteiger charge is -2.31. The molecule has 0 spiro atoms. The van der Waals surface area contributed by atoms with Crippen molar-refractivity contribution < 1.29 is 4.79 Å². The molecule has 0 atom stereocenters. The van der Waals surface area contributed by atoms with E-state index in [1.54, 1.807) is 0 Å². The molecular weight excluding hydrogens is 266 g/mol. The van der Waals surface area contributed by atoms with Crippen molar-refractivity contribution >= 4 is 27.3 Å². The second-order valence-electron chi connectivity index (χ2n) is 7.49. The third-order valence-corrected chi connectivity index (χ3v) is 4.26. The highest BCUT2D eigenvalue weighted by molar-refractivity contribution is 7.20. The quantitative estimate of drug-likeness (QED) is 0.712. The molecule has 1 aromatic carbocycles. The Hall–Kier alpha value is -1.22. The number of thiazole rings is 1. The first-order valence-corrected chi connectivity index (χ1v) is 7.87. The second kappa shape index (κ2) is 5.28. The van der Waals surface area contributed by atoms with Crippen LogP contribution in [0.15, 0.2) is 24.3 Å². The third kappa shape index (κ3) is 3.89. The van der Waals surface area contributed by atoms with Gasteiger partial charge in [-0.3, -0.25) is 4.79 Å². The number of Topliss-reactive ketones (excluding diaryl/α,β-unsaturated/α-hetero) is 1. The van der Waals surface area contributed by atoms with Crippen molar-refractivity contribution in [2.75, 3.05) is 0 Å². The van der Waals surface area contributed by atoms with Crippen molar-refractivity contribution in [2.24, 2.45) is 10.8 Å². The van der Waals surface area contributed by atoms with Gasteiger partial charge in [-0.05, 0) is 29.4 Å². The van der Waals surface area contributed by atoms with E-state index in [1.807, 2.05) is 24.3 Å². The van der Waals surface area contributed by atoms with Gasteiger partial charge in [-0.25, -0.2) is 4.98 Å². The molecule has 0 fully saturated rings. The minimum absolute atomic E-state index is 0.00713. The van der Waals surface area contributed by atoms with Crippen molar-refractivity contribution in [3.63, 3.8) is 0 Å². The van der Waals surface area contributed by atoms with E-state index >= 15 is 0 Å². The van der Waals surface area contributed by atoms with Gasteiger partial charge in [0.05, 0.1) is 10.2 Å². The minimum atomic E-state index is 0.00713. The normalized spacial score (nSPS) is 12.8. The van der Waals surface area contributed by atoms with Crippen LogP contribution in [0, 0.1) is 10.8 Å². The fraction of sp³-hybridized carbons (Fsp3) is 0.529. The summed E-state index contributed by atoms with van der Waals surface area (Å²) in [6.07, 6.45) is 1.58. The van der Waals surface area contributed by atoms with Gasteiger partial charge in [0, 0.05) is 6.42 Å². The molecule has 0 saturated carbocycles. The van der Waals surface area contributed by atoms with E-state index in [0.29, 0.717) is 11.4 Å². The highest BCUT2D eigenvalue weighted by Gasteiger charge is 2.29. The van der Waals surface area contributed by atoms with Crippen LogP contribution in [0.25, 0.3) is 10.2 Å². The molecular formula is C17H23NOS. The van der Waals surface area contributed by atoms with Crippen molar-refractivity contribution in [3.8, 4) is 0 Å². The molecule has 1 heterocycles. The lowest BCUT2D eigenvalue weighted by molar-refractivity contribution is 0.0897. The number of nitrogens with zero attached hydrogens (tertiary/aromatic N) is 1. The van der Waals surface area contributed by atoms with Gasteiger partial charge in [0.1, 0.15) is 0 Å². The van der Waals surface area contributed by atoms with Gasteiger partial charge in [-0.15, -0.1) is 11.3 Å². The molecule has 0 amide bonds. The lowest BCUT2D eigenvalue weighted by Crippen LogP contribution is -2.23. The minimum Gasteiger partial charge on any atom is -0.291 e. The van der Waals surface area contributed by atoms with E-state index < -0.39 is 0 Å². The van der Waals surface area contributed by atoms with Crippen LogP contribution in [0.4, 0.5) is 0 Å². The number of hydrogen-bond acceptors (Lipinski definition) is 3. The molecule has 108 valence electrons. The maximum atomic E-state index is 12.5. The fourth-order valence-electron chi connectivity index (χ4n) is 3.00. The number of para-hydroxylation sites is 1. The van der Waals surface area contributed by atoms with Crippen LogP contribution in [-0.4, -0.2) is 10.8 Å². The molecule has 20 heavy (non-hydrogen) atoms. The Morgan fingerprint density at radius 1 is 1.15 bits per heavy atom. The number of benzene rings is 1. The number of carbonyl (C=O) groups excluding carboxylic acids is 1. The van der Waals surface area contributed by atoms with Crippen molar-refractivity contribution in [3.05, 3.63) is 29.3 Å². The zero-order valence-electron chi connectivity index (χ0n) is 13.0. The molecule has 0 aliphatic heterocycles. The predicted molar refractivity (Wildman–Crippen MR) is 86.4 cm³/mol. The summed E-state index contributed by atoms with van der Waals surface area (Å²) in [7, 11) is 0. The van der Waals surface area contributed by atoms with E-state index in [2.05, 4.69) is 39.6 Å². The van der Waals surface area contributed by atoms with Crippen LogP contribution < -0.4 is 0 Å². The average Bonchev–Trinajstić information content (AvgIpc) is 2.68. The first-order valence-electron chi connectivity index (χ1n) is 7.05. The molecule has 0 aliphatic rings. The van der Waals surface area contributed by atoms with E-state index in [4.69, 9.17) is 0 Å². The number of carbonyl (C=O) groups is 1. The third-order valence-electron chi connectivity index (χ3n) is 3.18. The van der Waals surface area contributed by atoms with Crippen molar-refractivity contribution in [2.45, 2.75) is 47.5 Å². The molecule has 0 N–H and O–H groups in total. The summed E-state index contributed by atoms with van der Waals surface area (Å²) in [6, 6.07) is 7.92. The Morgan fingerprint density at radius 3 is 2.40 bits per heavy atom. The highest BCUT2D eigenvalue weighted by Crippen LogP contribution is 2.37. The summed E-state index contributed by atoms with van der Waals surface area (Å²) < 4.78 is 1.09. The summed E-state index contributed by atoms with van der Waals surface area (Å²) >= 11 is 1.50. The molecule has 0 bridgehead atoms. The topological polar surface area (TPSA) is 30.0 Å². The smallest absolute Gasteiger partial charge is 0.191 e. The van der Waals surface area contributed by atoms with Gasteiger partial charge in [0.25, 0.3) is 0 Å². The summed E-state index contributed by atoms with van der Waals surface area (Å²) in [6.45, 7) is 11.0. The molecule has 0 aliphatic carbocycles. The summed E-state index contributed by atoms with van der Waals surface area (Å²) in [5.41, 5.74) is 1.17. The highest BCUT2D eigenvalue weighted by atomic mass is 32.1. The molecule has 2 nitrogen and oxygen atoms in total. The van der Waals surface area contributed by atoms with Crippen LogP contribution in [0.1, 0.15) is 57.3 Å². The van der Waals surface area contributed by atoms with E-state index in [-0.39, 0.29) is 16.6 Å². The van der Waals surface area contributed by atoms with Crippen LogP contribution in [0.3, 0.4) is 0 Å².